The second kappa shape index (κ2) is 10.5. The van der Waals surface area contributed by atoms with Crippen molar-refractivity contribution in [1.29, 1.82) is 0 Å². The molecule has 0 aromatic rings. The molecule has 2 N–H and O–H groups in total. The number of guanidine groups is 1. The maximum atomic E-state index is 11.8. The fourth-order valence-corrected chi connectivity index (χ4v) is 3.53. The number of hydrogen-bond donors (Lipinski definition) is 1. The molecule has 0 unspecified atom stereocenters. The lowest BCUT2D eigenvalue weighted by Gasteiger charge is -2.27. The Labute approximate surface area is 149 Å². The molecule has 1 amide bonds. The lowest BCUT2D eigenvalue weighted by atomic mass is 10.2. The van der Waals surface area contributed by atoms with E-state index in [2.05, 4.69) is 9.89 Å². The van der Waals surface area contributed by atoms with Crippen LogP contribution in [0.15, 0.2) is 4.99 Å². The summed E-state index contributed by atoms with van der Waals surface area (Å²) in [5.74, 6) is 3.26. The van der Waals surface area contributed by atoms with Gasteiger partial charge in [0.15, 0.2) is 5.96 Å². The number of hydrogen-bond acceptors (Lipinski definition) is 3. The van der Waals surface area contributed by atoms with Gasteiger partial charge in [0.05, 0.1) is 0 Å². The van der Waals surface area contributed by atoms with E-state index >= 15 is 0 Å². The summed E-state index contributed by atoms with van der Waals surface area (Å²) in [7, 11) is 0. The van der Waals surface area contributed by atoms with Gasteiger partial charge in [-0.1, -0.05) is 6.42 Å². The van der Waals surface area contributed by atoms with Crippen LogP contribution in [0.2, 0.25) is 0 Å². The van der Waals surface area contributed by atoms with Crippen molar-refractivity contribution in [1.82, 2.24) is 9.80 Å². The van der Waals surface area contributed by atoms with E-state index in [4.69, 9.17) is 5.73 Å². The van der Waals surface area contributed by atoms with Gasteiger partial charge in [0.25, 0.3) is 0 Å². The molecule has 0 spiro atoms. The molecule has 7 heteroatoms. The number of likely N-dealkylation sites (tertiary alicyclic amines) is 1. The van der Waals surface area contributed by atoms with Crippen molar-refractivity contribution in [2.75, 3.05) is 44.2 Å². The summed E-state index contributed by atoms with van der Waals surface area (Å²) in [6.45, 7) is 4.47. The van der Waals surface area contributed by atoms with Gasteiger partial charge in [-0.25, -0.2) is 0 Å². The zero-order valence-electron chi connectivity index (χ0n) is 12.6. The fourth-order valence-electron chi connectivity index (χ4n) is 2.62. The molecule has 2 heterocycles. The summed E-state index contributed by atoms with van der Waals surface area (Å²) in [6.07, 6.45) is 5.00. The maximum Gasteiger partial charge on any atom is 0.222 e. The Morgan fingerprint density at radius 2 is 1.95 bits per heavy atom. The predicted octanol–water partition coefficient (Wildman–Crippen LogP) is 1.76. The van der Waals surface area contributed by atoms with Gasteiger partial charge in [0.1, 0.15) is 0 Å². The summed E-state index contributed by atoms with van der Waals surface area (Å²) >= 11 is 1.97. The van der Waals surface area contributed by atoms with Crippen LogP contribution in [0, 0.1) is 0 Å². The third-order valence-electron chi connectivity index (χ3n) is 3.87. The van der Waals surface area contributed by atoms with Crippen LogP contribution in [0.1, 0.15) is 32.1 Å². The molecule has 122 valence electrons. The lowest BCUT2D eigenvalue weighted by molar-refractivity contribution is -0.130. The van der Waals surface area contributed by atoms with Crippen LogP contribution in [0.4, 0.5) is 0 Å². The van der Waals surface area contributed by atoms with Crippen LogP contribution >= 0.6 is 35.7 Å². The van der Waals surface area contributed by atoms with Gasteiger partial charge in [-0.2, -0.15) is 11.8 Å². The molecule has 2 rings (SSSR count). The first kappa shape index (κ1) is 18.9. The molecule has 0 atom stereocenters. The smallest absolute Gasteiger partial charge is 0.222 e. The Bertz CT molecular complexity index is 348. The Balaban J connectivity index is 0.00000220. The Hall–Kier alpha value is -0.180. The number of rotatable bonds is 4. The number of amides is 1. The minimum atomic E-state index is 0. The van der Waals surface area contributed by atoms with Crippen molar-refractivity contribution in [3.8, 4) is 0 Å². The normalized spacial score (nSPS) is 21.0. The van der Waals surface area contributed by atoms with Crippen LogP contribution in [-0.2, 0) is 4.79 Å². The van der Waals surface area contributed by atoms with Crippen LogP contribution < -0.4 is 5.73 Å². The molecule has 0 aromatic carbocycles. The van der Waals surface area contributed by atoms with Crippen LogP contribution in [0.5, 0.6) is 0 Å². The first-order chi connectivity index (χ1) is 9.77. The highest BCUT2D eigenvalue weighted by molar-refractivity contribution is 14.0. The molecule has 0 aromatic heterocycles. The molecule has 21 heavy (non-hydrogen) atoms. The second-order valence-electron chi connectivity index (χ2n) is 5.38. The van der Waals surface area contributed by atoms with Gasteiger partial charge < -0.3 is 15.5 Å². The number of carbonyl (C=O) groups excluding carboxylic acids is 1. The quantitative estimate of drug-likeness (QED) is 0.322. The van der Waals surface area contributed by atoms with Crippen LogP contribution in [-0.4, -0.2) is 65.9 Å². The minimum absolute atomic E-state index is 0. The Kier molecular flexibility index (Phi) is 9.46. The van der Waals surface area contributed by atoms with Gasteiger partial charge in [-0.3, -0.25) is 9.79 Å². The van der Waals surface area contributed by atoms with Crippen LogP contribution in [0.25, 0.3) is 0 Å². The monoisotopic (exact) mass is 426 g/mol. The number of aliphatic imine (C=N–C) groups is 1. The molecule has 0 radical (unpaired) electrons. The molecular weight excluding hydrogens is 399 g/mol. The number of nitrogens with zero attached hydrogens (tertiary/aromatic N) is 3. The SMILES string of the molecule is I.NC(=NCCCN1CCCCCC1=O)N1CCSCC1. The molecular formula is C14H27IN4OS. The standard InChI is InChI=1S/C14H26N4OS.HI/c15-14(18-9-11-20-12-10-18)16-6-4-8-17-7-3-1-2-5-13(17)19;/h1-12H2,(H2,15,16);1H. The summed E-state index contributed by atoms with van der Waals surface area (Å²) in [6, 6.07) is 0. The van der Waals surface area contributed by atoms with Crippen molar-refractivity contribution >= 4 is 47.6 Å². The number of thioether (sulfide) groups is 1. The highest BCUT2D eigenvalue weighted by atomic mass is 127. The first-order valence-electron chi connectivity index (χ1n) is 7.68. The van der Waals surface area contributed by atoms with Gasteiger partial charge in [-0.05, 0) is 19.3 Å². The van der Waals surface area contributed by atoms with E-state index < -0.39 is 0 Å². The number of halogens is 1. The van der Waals surface area contributed by atoms with E-state index in [0.29, 0.717) is 11.9 Å². The summed E-state index contributed by atoms with van der Waals surface area (Å²) in [5.41, 5.74) is 6.01. The highest BCUT2D eigenvalue weighted by Gasteiger charge is 2.16. The van der Waals surface area contributed by atoms with E-state index in [9.17, 15) is 4.79 Å². The topological polar surface area (TPSA) is 61.9 Å². The van der Waals surface area contributed by atoms with Gasteiger partial charge >= 0.3 is 0 Å². The van der Waals surface area contributed by atoms with Gasteiger partial charge in [0.2, 0.25) is 5.91 Å². The molecule has 0 saturated carbocycles. The van der Waals surface area contributed by atoms with Crippen molar-refractivity contribution in [2.45, 2.75) is 32.1 Å². The zero-order chi connectivity index (χ0) is 14.2. The van der Waals surface area contributed by atoms with Crippen molar-refractivity contribution in [2.24, 2.45) is 10.7 Å². The van der Waals surface area contributed by atoms with Crippen molar-refractivity contribution < 1.29 is 4.79 Å². The molecule has 2 aliphatic rings. The second-order valence-corrected chi connectivity index (χ2v) is 6.61. The fraction of sp³-hybridized carbons (Fsp3) is 0.857. The average molecular weight is 426 g/mol. The van der Waals surface area contributed by atoms with Gasteiger partial charge in [-0.15, -0.1) is 24.0 Å². The third kappa shape index (κ3) is 6.63. The molecule has 5 nitrogen and oxygen atoms in total. The minimum Gasteiger partial charge on any atom is -0.370 e. The molecule has 0 aliphatic carbocycles. The van der Waals surface area contributed by atoms with E-state index in [-0.39, 0.29) is 24.0 Å². The highest BCUT2D eigenvalue weighted by Crippen LogP contribution is 2.11. The van der Waals surface area contributed by atoms with E-state index in [1.165, 1.54) is 6.42 Å². The molecule has 2 aliphatic heterocycles. The largest absolute Gasteiger partial charge is 0.370 e. The number of carbonyl (C=O) groups is 1. The van der Waals surface area contributed by atoms with Crippen molar-refractivity contribution in [3.63, 3.8) is 0 Å². The third-order valence-corrected chi connectivity index (χ3v) is 4.81. The summed E-state index contributed by atoms with van der Waals surface area (Å²) in [4.78, 5) is 20.5. The molecule has 2 saturated heterocycles. The zero-order valence-corrected chi connectivity index (χ0v) is 15.8. The van der Waals surface area contributed by atoms with Crippen LogP contribution in [0.3, 0.4) is 0 Å². The van der Waals surface area contributed by atoms with E-state index in [1.807, 2.05) is 16.7 Å². The first-order valence-corrected chi connectivity index (χ1v) is 8.83. The van der Waals surface area contributed by atoms with E-state index in [0.717, 1.165) is 69.9 Å². The summed E-state index contributed by atoms with van der Waals surface area (Å²) in [5, 5.41) is 0. The predicted molar refractivity (Wildman–Crippen MR) is 100 cm³/mol. The number of nitrogens with two attached hydrogens (primary N) is 1. The van der Waals surface area contributed by atoms with Crippen molar-refractivity contribution in [3.05, 3.63) is 0 Å². The Morgan fingerprint density at radius 3 is 2.71 bits per heavy atom. The average Bonchev–Trinajstić information content (AvgIpc) is 2.69. The molecule has 0 bridgehead atoms. The maximum absolute atomic E-state index is 11.8. The van der Waals surface area contributed by atoms with Gasteiger partial charge in [0, 0.05) is 50.7 Å². The lowest BCUT2D eigenvalue weighted by Crippen LogP contribution is -2.42. The summed E-state index contributed by atoms with van der Waals surface area (Å²) < 4.78 is 0. The molecule has 2 fully saturated rings. The van der Waals surface area contributed by atoms with E-state index in [1.54, 1.807) is 0 Å². The Morgan fingerprint density at radius 1 is 1.19 bits per heavy atom.